The van der Waals surface area contributed by atoms with E-state index in [-0.39, 0.29) is 11.8 Å². The van der Waals surface area contributed by atoms with Gasteiger partial charge in [0, 0.05) is 24.0 Å². The molecule has 1 N–H and O–H groups in total. The highest BCUT2D eigenvalue weighted by molar-refractivity contribution is 7.09. The first-order chi connectivity index (χ1) is 15.3. The maximum absolute atomic E-state index is 13.3. The zero-order valence-electron chi connectivity index (χ0n) is 19.2. The largest absolute Gasteiger partial charge is 0.350 e. The van der Waals surface area contributed by atoms with Gasteiger partial charge in [-0.25, -0.2) is 4.98 Å². The van der Waals surface area contributed by atoms with Crippen LogP contribution in [-0.4, -0.2) is 34.8 Å². The van der Waals surface area contributed by atoms with E-state index in [1.807, 2.05) is 47.4 Å². The fourth-order valence-electron chi connectivity index (χ4n) is 3.32. The summed E-state index contributed by atoms with van der Waals surface area (Å²) >= 11 is 1.41. The van der Waals surface area contributed by atoms with Crippen LogP contribution >= 0.6 is 11.3 Å². The highest BCUT2D eigenvalue weighted by Crippen LogP contribution is 2.21. The molecule has 0 aliphatic carbocycles. The molecule has 0 unspecified atom stereocenters. The third kappa shape index (κ3) is 6.50. The summed E-state index contributed by atoms with van der Waals surface area (Å²) in [6, 6.07) is 17.8. The summed E-state index contributed by atoms with van der Waals surface area (Å²) in [6.07, 6.45) is 0. The Hall–Kier alpha value is -2.99. The van der Waals surface area contributed by atoms with Crippen LogP contribution in [0.4, 0.5) is 0 Å². The molecule has 1 aromatic heterocycles. The Morgan fingerprint density at radius 2 is 1.59 bits per heavy atom. The van der Waals surface area contributed by atoms with E-state index in [2.05, 4.69) is 50.1 Å². The Kier molecular flexibility index (Phi) is 8.17. The second-order valence-electron chi connectivity index (χ2n) is 8.75. The molecule has 0 fully saturated rings. The van der Waals surface area contributed by atoms with Gasteiger partial charge in [-0.05, 0) is 35.1 Å². The van der Waals surface area contributed by atoms with Gasteiger partial charge in [0.15, 0.2) is 0 Å². The van der Waals surface area contributed by atoms with Crippen molar-refractivity contribution in [3.8, 4) is 11.1 Å². The standard InChI is InChI=1S/C26H31N3O2S/c1-18(2)14-27-25(30)23-17-32-24(28-23)16-29(15-19(3)4)26(31)22-12-10-21(11-13-22)20-8-6-5-7-9-20/h5-13,17-19H,14-16H2,1-4H3,(H,27,30). The van der Waals surface area contributed by atoms with E-state index >= 15 is 0 Å². The highest BCUT2D eigenvalue weighted by Gasteiger charge is 2.20. The summed E-state index contributed by atoms with van der Waals surface area (Å²) < 4.78 is 0. The second kappa shape index (κ2) is 11.0. The molecule has 0 aliphatic heterocycles. The Morgan fingerprint density at radius 3 is 2.22 bits per heavy atom. The number of nitrogens with one attached hydrogen (secondary N) is 1. The van der Waals surface area contributed by atoms with Gasteiger partial charge in [-0.15, -0.1) is 11.3 Å². The summed E-state index contributed by atoms with van der Waals surface area (Å²) in [6.45, 7) is 9.90. The molecule has 2 amide bonds. The molecule has 2 aromatic carbocycles. The van der Waals surface area contributed by atoms with Crippen molar-refractivity contribution in [1.82, 2.24) is 15.2 Å². The molecule has 0 atom stereocenters. The van der Waals surface area contributed by atoms with Crippen LogP contribution in [-0.2, 0) is 6.54 Å². The first-order valence-electron chi connectivity index (χ1n) is 11.0. The van der Waals surface area contributed by atoms with Gasteiger partial charge in [-0.1, -0.05) is 70.2 Å². The van der Waals surface area contributed by atoms with Crippen molar-refractivity contribution in [2.45, 2.75) is 34.2 Å². The van der Waals surface area contributed by atoms with Gasteiger partial charge in [0.25, 0.3) is 11.8 Å². The van der Waals surface area contributed by atoms with Crippen LogP contribution in [0.3, 0.4) is 0 Å². The average Bonchev–Trinajstić information content (AvgIpc) is 3.25. The van der Waals surface area contributed by atoms with Crippen molar-refractivity contribution in [1.29, 1.82) is 0 Å². The van der Waals surface area contributed by atoms with E-state index in [1.165, 1.54) is 11.3 Å². The van der Waals surface area contributed by atoms with Gasteiger partial charge in [-0.2, -0.15) is 0 Å². The van der Waals surface area contributed by atoms with Crippen LogP contribution in [0.1, 0.15) is 53.5 Å². The molecule has 0 spiro atoms. The molecular weight excluding hydrogens is 418 g/mol. The maximum Gasteiger partial charge on any atom is 0.270 e. The molecule has 32 heavy (non-hydrogen) atoms. The van der Waals surface area contributed by atoms with Crippen LogP contribution in [0.2, 0.25) is 0 Å². The first kappa shape index (κ1) is 23.7. The number of carbonyl (C=O) groups is 2. The molecule has 0 saturated carbocycles. The molecule has 6 heteroatoms. The zero-order chi connectivity index (χ0) is 23.1. The molecule has 5 nitrogen and oxygen atoms in total. The van der Waals surface area contributed by atoms with E-state index in [4.69, 9.17) is 0 Å². The van der Waals surface area contributed by atoms with Gasteiger partial charge < -0.3 is 10.2 Å². The predicted octanol–water partition coefficient (Wildman–Crippen LogP) is 5.49. The van der Waals surface area contributed by atoms with Crippen molar-refractivity contribution in [3.63, 3.8) is 0 Å². The molecule has 3 aromatic rings. The number of rotatable bonds is 9. The van der Waals surface area contributed by atoms with Crippen LogP contribution in [0.25, 0.3) is 11.1 Å². The number of thiazole rings is 1. The lowest BCUT2D eigenvalue weighted by Crippen LogP contribution is -2.33. The SMILES string of the molecule is CC(C)CNC(=O)c1csc(CN(CC(C)C)C(=O)c2ccc(-c3ccccc3)cc2)n1. The lowest BCUT2D eigenvalue weighted by atomic mass is 10.0. The monoisotopic (exact) mass is 449 g/mol. The van der Waals surface area contributed by atoms with Crippen molar-refractivity contribution in [3.05, 3.63) is 76.2 Å². The number of hydrogen-bond donors (Lipinski definition) is 1. The van der Waals surface area contributed by atoms with E-state index < -0.39 is 0 Å². The minimum Gasteiger partial charge on any atom is -0.350 e. The topological polar surface area (TPSA) is 62.3 Å². The summed E-state index contributed by atoms with van der Waals surface area (Å²) in [5, 5.41) is 5.41. The third-order valence-electron chi connectivity index (χ3n) is 4.89. The molecule has 0 saturated heterocycles. The normalized spacial score (nSPS) is 11.1. The van der Waals surface area contributed by atoms with Crippen LogP contribution < -0.4 is 5.32 Å². The van der Waals surface area contributed by atoms with Crippen molar-refractivity contribution < 1.29 is 9.59 Å². The average molecular weight is 450 g/mol. The lowest BCUT2D eigenvalue weighted by molar-refractivity contribution is 0.0722. The van der Waals surface area contributed by atoms with E-state index in [1.54, 1.807) is 5.38 Å². The number of aromatic nitrogens is 1. The Balaban J connectivity index is 1.72. The Morgan fingerprint density at radius 1 is 0.938 bits per heavy atom. The fourth-order valence-corrected chi connectivity index (χ4v) is 4.11. The maximum atomic E-state index is 13.3. The van der Waals surface area contributed by atoms with Crippen molar-refractivity contribution in [2.24, 2.45) is 11.8 Å². The smallest absolute Gasteiger partial charge is 0.270 e. The van der Waals surface area contributed by atoms with Gasteiger partial charge in [-0.3, -0.25) is 9.59 Å². The number of nitrogens with zero attached hydrogens (tertiary/aromatic N) is 2. The molecule has 0 bridgehead atoms. The van der Waals surface area contributed by atoms with Crippen LogP contribution in [0.15, 0.2) is 60.0 Å². The summed E-state index contributed by atoms with van der Waals surface area (Å²) in [7, 11) is 0. The number of amides is 2. The first-order valence-corrected chi connectivity index (χ1v) is 11.9. The summed E-state index contributed by atoms with van der Waals surface area (Å²) in [4.78, 5) is 31.9. The van der Waals surface area contributed by atoms with Gasteiger partial charge >= 0.3 is 0 Å². The van der Waals surface area contributed by atoms with Crippen LogP contribution in [0.5, 0.6) is 0 Å². The fraction of sp³-hybridized carbons (Fsp3) is 0.346. The minimum absolute atomic E-state index is 0.0284. The molecule has 1 heterocycles. The molecule has 0 aliphatic rings. The molecule has 0 radical (unpaired) electrons. The van der Waals surface area contributed by atoms with Gasteiger partial charge in [0.05, 0.1) is 6.54 Å². The van der Waals surface area contributed by atoms with Crippen molar-refractivity contribution in [2.75, 3.05) is 13.1 Å². The number of hydrogen-bond acceptors (Lipinski definition) is 4. The zero-order valence-corrected chi connectivity index (χ0v) is 20.0. The lowest BCUT2D eigenvalue weighted by Gasteiger charge is -2.24. The number of benzene rings is 2. The second-order valence-corrected chi connectivity index (χ2v) is 9.70. The summed E-state index contributed by atoms with van der Waals surface area (Å²) in [5.41, 5.74) is 3.26. The summed E-state index contributed by atoms with van der Waals surface area (Å²) in [5.74, 6) is 0.500. The quantitative estimate of drug-likeness (QED) is 0.470. The predicted molar refractivity (Wildman–Crippen MR) is 131 cm³/mol. The van der Waals surface area contributed by atoms with E-state index in [0.717, 1.165) is 16.1 Å². The van der Waals surface area contributed by atoms with Gasteiger partial charge in [0.1, 0.15) is 10.7 Å². The van der Waals surface area contributed by atoms with Crippen LogP contribution in [0, 0.1) is 11.8 Å². The van der Waals surface area contributed by atoms with Gasteiger partial charge in [0.2, 0.25) is 0 Å². The molecule has 168 valence electrons. The van der Waals surface area contributed by atoms with Crippen molar-refractivity contribution >= 4 is 23.2 Å². The third-order valence-corrected chi connectivity index (χ3v) is 5.73. The van der Waals surface area contributed by atoms with E-state index in [0.29, 0.717) is 42.7 Å². The van der Waals surface area contributed by atoms with E-state index in [9.17, 15) is 9.59 Å². The highest BCUT2D eigenvalue weighted by atomic mass is 32.1. The molecule has 3 rings (SSSR count). The molecular formula is C26H31N3O2S. The Bertz CT molecular complexity index is 1030. The minimum atomic E-state index is -0.167. The Labute approximate surface area is 194 Å². The number of carbonyl (C=O) groups excluding carboxylic acids is 2.